The Morgan fingerprint density at radius 2 is 2.06 bits per heavy atom. The number of hydrogen-bond acceptors (Lipinski definition) is 8. The van der Waals surface area contributed by atoms with Gasteiger partial charge >= 0.3 is 5.97 Å². The minimum absolute atomic E-state index is 0.0290. The molecule has 1 aliphatic heterocycles. The maximum absolute atomic E-state index is 12.6. The molecule has 4 atom stereocenters. The Hall–Kier alpha value is -3.03. The van der Waals surface area contributed by atoms with Crippen LogP contribution in [0.25, 0.3) is 5.52 Å². The van der Waals surface area contributed by atoms with E-state index in [1.165, 1.54) is 17.3 Å². The topological polar surface area (TPSA) is 139 Å². The summed E-state index contributed by atoms with van der Waals surface area (Å²) in [5, 5.41) is 28.1. The molecule has 1 aliphatic carbocycles. The van der Waals surface area contributed by atoms with E-state index in [-0.39, 0.29) is 36.7 Å². The van der Waals surface area contributed by atoms with Gasteiger partial charge in [-0.05, 0) is 36.8 Å². The maximum Gasteiger partial charge on any atom is 0.306 e. The molecule has 10 nitrogen and oxygen atoms in total. The van der Waals surface area contributed by atoms with Crippen molar-refractivity contribution in [3.8, 4) is 6.07 Å². The van der Waals surface area contributed by atoms with Crippen LogP contribution in [-0.2, 0) is 24.7 Å². The summed E-state index contributed by atoms with van der Waals surface area (Å²) in [6, 6.07) is 5.43. The summed E-state index contributed by atoms with van der Waals surface area (Å²) >= 11 is 0. The number of carbonyl (C=O) groups excluding carboxylic acids is 2. The van der Waals surface area contributed by atoms with Crippen molar-refractivity contribution in [1.29, 1.82) is 5.26 Å². The molecule has 0 spiro atoms. The molecule has 3 heterocycles. The Labute approximate surface area is 211 Å². The number of fused-ring (bicyclic) bond motifs is 1. The van der Waals surface area contributed by atoms with Crippen LogP contribution < -0.4 is 5.32 Å². The van der Waals surface area contributed by atoms with Gasteiger partial charge in [-0.15, -0.1) is 0 Å². The number of nitrogens with one attached hydrogen (secondary N) is 1. The van der Waals surface area contributed by atoms with E-state index in [1.807, 2.05) is 20.8 Å². The SMILES string of the molecule is CC(C)[C@@H](C)C(=O)Nc1ncnn2c([C@]3(C#N)O[C@@H](COC(=O)CC4CCCCC4)C[C@H]3O)ccc12. The summed E-state index contributed by atoms with van der Waals surface area (Å²) in [7, 11) is 0. The molecule has 2 aromatic heterocycles. The van der Waals surface area contributed by atoms with Gasteiger partial charge in [0.25, 0.3) is 0 Å². The van der Waals surface area contributed by atoms with Gasteiger partial charge in [-0.3, -0.25) is 9.59 Å². The molecule has 2 fully saturated rings. The van der Waals surface area contributed by atoms with Crippen LogP contribution in [0.2, 0.25) is 0 Å². The molecule has 2 aromatic rings. The van der Waals surface area contributed by atoms with E-state index in [4.69, 9.17) is 9.47 Å². The molecule has 2 aliphatic rings. The number of nitrogens with zero attached hydrogens (tertiary/aromatic N) is 4. The molecule has 2 N–H and O–H groups in total. The van der Waals surface area contributed by atoms with Crippen molar-refractivity contribution < 1.29 is 24.2 Å². The Balaban J connectivity index is 1.48. The average Bonchev–Trinajstić information content (AvgIpc) is 3.44. The van der Waals surface area contributed by atoms with Crippen LogP contribution >= 0.6 is 0 Å². The van der Waals surface area contributed by atoms with Gasteiger partial charge in [0.05, 0.1) is 11.8 Å². The minimum atomic E-state index is -1.70. The molecule has 0 aromatic carbocycles. The van der Waals surface area contributed by atoms with Crippen LogP contribution in [0.1, 0.15) is 71.4 Å². The van der Waals surface area contributed by atoms with Crippen molar-refractivity contribution in [3.05, 3.63) is 24.2 Å². The predicted octanol–water partition coefficient (Wildman–Crippen LogP) is 3.34. The fourth-order valence-corrected chi connectivity index (χ4v) is 5.01. The number of nitriles is 1. The lowest BCUT2D eigenvalue weighted by molar-refractivity contribution is -0.150. The summed E-state index contributed by atoms with van der Waals surface area (Å²) < 4.78 is 12.9. The highest BCUT2D eigenvalue weighted by Gasteiger charge is 2.52. The summed E-state index contributed by atoms with van der Waals surface area (Å²) in [6.45, 7) is 5.75. The molecule has 0 radical (unpaired) electrons. The van der Waals surface area contributed by atoms with Gasteiger partial charge in [0.15, 0.2) is 5.82 Å². The number of rotatable bonds is 8. The number of aromatic nitrogens is 3. The number of amides is 1. The normalized spacial score (nSPS) is 25.6. The molecule has 10 heteroatoms. The molecule has 1 saturated heterocycles. The molecule has 0 unspecified atom stereocenters. The second kappa shape index (κ2) is 10.9. The average molecular weight is 498 g/mol. The Kier molecular flexibility index (Phi) is 7.91. The fraction of sp³-hybridized carbons (Fsp3) is 0.654. The first-order valence-electron chi connectivity index (χ1n) is 12.8. The highest BCUT2D eigenvalue weighted by molar-refractivity contribution is 5.95. The van der Waals surface area contributed by atoms with Crippen molar-refractivity contribution in [2.24, 2.45) is 17.8 Å². The van der Waals surface area contributed by atoms with Crippen molar-refractivity contribution in [2.45, 2.75) is 83.5 Å². The van der Waals surface area contributed by atoms with Crippen LogP contribution in [0.3, 0.4) is 0 Å². The summed E-state index contributed by atoms with van der Waals surface area (Å²) in [4.78, 5) is 29.1. The van der Waals surface area contributed by atoms with E-state index >= 15 is 0 Å². The van der Waals surface area contributed by atoms with Gasteiger partial charge in [-0.2, -0.15) is 10.4 Å². The molecule has 36 heavy (non-hydrogen) atoms. The van der Waals surface area contributed by atoms with Gasteiger partial charge in [0, 0.05) is 18.8 Å². The van der Waals surface area contributed by atoms with Crippen LogP contribution in [0.15, 0.2) is 18.5 Å². The molecular weight excluding hydrogens is 462 g/mol. The van der Waals surface area contributed by atoms with Crippen LogP contribution in [0.4, 0.5) is 5.82 Å². The molecule has 1 saturated carbocycles. The lowest BCUT2D eigenvalue weighted by atomic mass is 9.87. The van der Waals surface area contributed by atoms with Crippen molar-refractivity contribution >= 4 is 23.2 Å². The highest BCUT2D eigenvalue weighted by atomic mass is 16.6. The zero-order valence-electron chi connectivity index (χ0n) is 21.1. The van der Waals surface area contributed by atoms with E-state index < -0.39 is 17.8 Å². The Bertz CT molecular complexity index is 1140. The van der Waals surface area contributed by atoms with Crippen LogP contribution in [0, 0.1) is 29.1 Å². The third kappa shape index (κ3) is 5.22. The number of esters is 1. The number of ether oxygens (including phenoxy) is 2. The zero-order chi connectivity index (χ0) is 25.9. The molecule has 194 valence electrons. The lowest BCUT2D eigenvalue weighted by Crippen LogP contribution is -2.37. The van der Waals surface area contributed by atoms with E-state index in [0.717, 1.165) is 25.7 Å². The second-order valence-corrected chi connectivity index (χ2v) is 10.4. The summed E-state index contributed by atoms with van der Waals surface area (Å²) in [6.07, 6.45) is 5.64. The first kappa shape index (κ1) is 26.0. The second-order valence-electron chi connectivity index (χ2n) is 10.4. The maximum atomic E-state index is 12.6. The lowest BCUT2D eigenvalue weighted by Gasteiger charge is -2.24. The number of carbonyl (C=O) groups is 2. The van der Waals surface area contributed by atoms with E-state index in [9.17, 15) is 20.0 Å². The van der Waals surface area contributed by atoms with Crippen molar-refractivity contribution in [1.82, 2.24) is 14.6 Å². The quantitative estimate of drug-likeness (QED) is 0.530. The van der Waals surface area contributed by atoms with E-state index in [1.54, 1.807) is 12.1 Å². The summed E-state index contributed by atoms with van der Waals surface area (Å²) in [5.74, 6) is 0.165. The van der Waals surface area contributed by atoms with Gasteiger partial charge in [-0.25, -0.2) is 9.50 Å². The fourth-order valence-electron chi connectivity index (χ4n) is 5.01. The van der Waals surface area contributed by atoms with Gasteiger partial charge in [0.1, 0.15) is 30.6 Å². The molecule has 1 amide bonds. The van der Waals surface area contributed by atoms with Gasteiger partial charge in [0.2, 0.25) is 11.5 Å². The smallest absolute Gasteiger partial charge is 0.306 e. The third-order valence-corrected chi connectivity index (χ3v) is 7.57. The Morgan fingerprint density at radius 1 is 1.31 bits per heavy atom. The van der Waals surface area contributed by atoms with Gasteiger partial charge in [-0.1, -0.05) is 40.0 Å². The third-order valence-electron chi connectivity index (χ3n) is 7.57. The number of hydrogen-bond donors (Lipinski definition) is 2. The first-order valence-corrected chi connectivity index (χ1v) is 12.8. The molecule has 0 bridgehead atoms. The van der Waals surface area contributed by atoms with Crippen LogP contribution in [0.5, 0.6) is 0 Å². The standard InChI is InChI=1S/C26H35N5O5/c1-16(2)17(3)25(34)30-24-20-9-10-21(31(20)29-15-28-24)26(14-27)22(32)12-19(36-26)13-35-23(33)11-18-7-5-4-6-8-18/h9-10,15-19,22,32H,4-8,11-13H2,1-3H3,(H,28,29,30,34)/t17-,19-,22-,26+/m1/s1. The monoisotopic (exact) mass is 497 g/mol. The zero-order valence-corrected chi connectivity index (χ0v) is 21.1. The largest absolute Gasteiger partial charge is 0.463 e. The van der Waals surface area contributed by atoms with Crippen LogP contribution in [-0.4, -0.2) is 50.4 Å². The van der Waals surface area contributed by atoms with Crippen molar-refractivity contribution in [2.75, 3.05) is 11.9 Å². The summed E-state index contributed by atoms with van der Waals surface area (Å²) in [5.41, 5.74) is -0.906. The number of aliphatic hydroxyl groups excluding tert-OH is 1. The highest BCUT2D eigenvalue weighted by Crippen LogP contribution is 2.40. The number of aliphatic hydroxyl groups is 1. The first-order chi connectivity index (χ1) is 17.2. The predicted molar refractivity (Wildman–Crippen MR) is 131 cm³/mol. The van der Waals surface area contributed by atoms with Gasteiger partial charge < -0.3 is 19.9 Å². The number of anilines is 1. The van der Waals surface area contributed by atoms with E-state index in [0.29, 0.717) is 29.4 Å². The van der Waals surface area contributed by atoms with E-state index in [2.05, 4.69) is 21.5 Å². The molecule has 4 rings (SSSR count). The molecular formula is C26H35N5O5. The Morgan fingerprint density at radius 3 is 2.75 bits per heavy atom. The van der Waals surface area contributed by atoms with Crippen molar-refractivity contribution in [3.63, 3.8) is 0 Å². The minimum Gasteiger partial charge on any atom is -0.463 e.